The smallest absolute Gasteiger partial charge is 0.259 e. The van der Waals surface area contributed by atoms with Crippen LogP contribution in [0.5, 0.6) is 0 Å². The molecule has 5 nitrogen and oxygen atoms in total. The van der Waals surface area contributed by atoms with Crippen LogP contribution in [0.3, 0.4) is 0 Å². The molecule has 3 N–H and O–H groups in total. The van der Waals surface area contributed by atoms with E-state index in [4.69, 9.17) is 5.73 Å². The van der Waals surface area contributed by atoms with Crippen LogP contribution in [0.4, 0.5) is 0 Å². The van der Waals surface area contributed by atoms with E-state index in [0.717, 1.165) is 45.4 Å². The summed E-state index contributed by atoms with van der Waals surface area (Å²) in [4.78, 5) is 24.4. The number of nitrogens with two attached hydrogens (primary N) is 1. The summed E-state index contributed by atoms with van der Waals surface area (Å²) in [6.45, 7) is 8.67. The molecule has 2 unspecified atom stereocenters. The van der Waals surface area contributed by atoms with E-state index in [1.54, 1.807) is 11.3 Å². The van der Waals surface area contributed by atoms with Gasteiger partial charge in [0.1, 0.15) is 10.7 Å². The number of rotatable bonds is 3. The summed E-state index contributed by atoms with van der Waals surface area (Å²) in [5, 5.41) is 0.744. The van der Waals surface area contributed by atoms with Crippen LogP contribution in [0.15, 0.2) is 4.79 Å². The van der Waals surface area contributed by atoms with E-state index in [0.29, 0.717) is 19.1 Å². The third-order valence-corrected chi connectivity index (χ3v) is 5.91. The Morgan fingerprint density at radius 1 is 1.45 bits per heavy atom. The zero-order valence-corrected chi connectivity index (χ0v) is 14.3. The summed E-state index contributed by atoms with van der Waals surface area (Å²) in [6.07, 6.45) is 2.31. The molecule has 0 spiro atoms. The highest BCUT2D eigenvalue weighted by Gasteiger charge is 2.26. The van der Waals surface area contributed by atoms with Gasteiger partial charge in [0.15, 0.2) is 0 Å². The van der Waals surface area contributed by atoms with Gasteiger partial charge in [-0.15, -0.1) is 11.3 Å². The molecule has 0 aliphatic carbocycles. The highest BCUT2D eigenvalue weighted by atomic mass is 32.1. The molecule has 0 saturated carbocycles. The number of aryl methyl sites for hydroxylation is 2. The number of aromatic amines is 1. The van der Waals surface area contributed by atoms with Gasteiger partial charge in [-0.2, -0.15) is 0 Å². The van der Waals surface area contributed by atoms with E-state index >= 15 is 0 Å². The van der Waals surface area contributed by atoms with Crippen LogP contribution in [-0.2, 0) is 6.54 Å². The standard InChI is InChI=1S/C16H24N4OS/c1-9-4-5-20(12(6-9)7-17)8-13-18-15(21)14-10(2)11(3)22-16(14)19-13/h9,12H,4-8,17H2,1-3H3,(H,18,19,21). The van der Waals surface area contributed by atoms with Crippen molar-refractivity contribution in [3.63, 3.8) is 0 Å². The molecular weight excluding hydrogens is 296 g/mol. The molecule has 3 rings (SSSR count). The Bertz CT molecular complexity index is 736. The van der Waals surface area contributed by atoms with Crippen molar-refractivity contribution in [1.29, 1.82) is 0 Å². The lowest BCUT2D eigenvalue weighted by Gasteiger charge is -2.37. The lowest BCUT2D eigenvalue weighted by atomic mass is 9.92. The van der Waals surface area contributed by atoms with Gasteiger partial charge in [0.2, 0.25) is 0 Å². The summed E-state index contributed by atoms with van der Waals surface area (Å²) in [6, 6.07) is 0.386. The number of piperidine rings is 1. The maximum absolute atomic E-state index is 12.3. The molecule has 1 aliphatic heterocycles. The Morgan fingerprint density at radius 2 is 2.23 bits per heavy atom. The number of aromatic nitrogens is 2. The summed E-state index contributed by atoms with van der Waals surface area (Å²) in [7, 11) is 0. The number of hydrogen-bond donors (Lipinski definition) is 2. The van der Waals surface area contributed by atoms with Gasteiger partial charge in [-0.05, 0) is 44.7 Å². The highest BCUT2D eigenvalue weighted by molar-refractivity contribution is 7.18. The van der Waals surface area contributed by atoms with Gasteiger partial charge >= 0.3 is 0 Å². The monoisotopic (exact) mass is 320 g/mol. The number of nitrogens with one attached hydrogen (secondary N) is 1. The topological polar surface area (TPSA) is 75.0 Å². The number of hydrogen-bond acceptors (Lipinski definition) is 5. The molecule has 1 saturated heterocycles. The second kappa shape index (κ2) is 6.10. The van der Waals surface area contributed by atoms with E-state index in [1.165, 1.54) is 6.42 Å². The predicted molar refractivity (Wildman–Crippen MR) is 91.4 cm³/mol. The number of H-pyrrole nitrogens is 1. The van der Waals surface area contributed by atoms with Gasteiger partial charge in [0.05, 0.1) is 11.9 Å². The SMILES string of the molecule is Cc1sc2nc(CN3CCC(C)CC3CN)[nH]c(=O)c2c1C. The molecule has 0 radical (unpaired) electrons. The van der Waals surface area contributed by atoms with Gasteiger partial charge in [-0.3, -0.25) is 9.69 Å². The zero-order chi connectivity index (χ0) is 15.9. The van der Waals surface area contributed by atoms with Crippen molar-refractivity contribution in [2.45, 2.75) is 46.2 Å². The molecule has 1 fully saturated rings. The molecule has 3 heterocycles. The average Bonchev–Trinajstić information content (AvgIpc) is 2.76. The van der Waals surface area contributed by atoms with Crippen molar-refractivity contribution in [3.8, 4) is 0 Å². The van der Waals surface area contributed by atoms with Crippen LogP contribution in [0.2, 0.25) is 0 Å². The van der Waals surface area contributed by atoms with Gasteiger partial charge in [-0.1, -0.05) is 6.92 Å². The maximum atomic E-state index is 12.3. The molecule has 0 amide bonds. The summed E-state index contributed by atoms with van der Waals surface area (Å²) < 4.78 is 0. The van der Waals surface area contributed by atoms with Crippen LogP contribution < -0.4 is 11.3 Å². The fourth-order valence-electron chi connectivity index (χ4n) is 3.32. The van der Waals surface area contributed by atoms with Crippen molar-refractivity contribution in [3.05, 3.63) is 26.6 Å². The molecule has 2 aromatic rings. The Morgan fingerprint density at radius 3 is 2.95 bits per heavy atom. The number of fused-ring (bicyclic) bond motifs is 1. The van der Waals surface area contributed by atoms with Crippen molar-refractivity contribution in [2.75, 3.05) is 13.1 Å². The third-order valence-electron chi connectivity index (χ3n) is 4.81. The van der Waals surface area contributed by atoms with Crippen LogP contribution >= 0.6 is 11.3 Å². The van der Waals surface area contributed by atoms with E-state index < -0.39 is 0 Å². The fraction of sp³-hybridized carbons (Fsp3) is 0.625. The zero-order valence-electron chi connectivity index (χ0n) is 13.5. The van der Waals surface area contributed by atoms with Gasteiger partial charge < -0.3 is 10.7 Å². The normalized spacial score (nSPS) is 23.3. The van der Waals surface area contributed by atoms with E-state index in [1.807, 2.05) is 13.8 Å². The van der Waals surface area contributed by atoms with Gasteiger partial charge in [0, 0.05) is 17.5 Å². The number of likely N-dealkylation sites (tertiary alicyclic amines) is 1. The first kappa shape index (κ1) is 15.6. The van der Waals surface area contributed by atoms with Crippen LogP contribution in [0.25, 0.3) is 10.2 Å². The summed E-state index contributed by atoms with van der Waals surface area (Å²) >= 11 is 1.60. The van der Waals surface area contributed by atoms with E-state index in [2.05, 4.69) is 21.8 Å². The first-order valence-electron chi connectivity index (χ1n) is 7.92. The quantitative estimate of drug-likeness (QED) is 0.909. The van der Waals surface area contributed by atoms with Gasteiger partial charge in [0.25, 0.3) is 5.56 Å². The minimum atomic E-state index is -0.0171. The lowest BCUT2D eigenvalue weighted by molar-refractivity contribution is 0.112. The molecule has 0 aromatic carbocycles. The molecule has 2 atom stereocenters. The highest BCUT2D eigenvalue weighted by Crippen LogP contribution is 2.27. The second-order valence-corrected chi connectivity index (χ2v) is 7.67. The summed E-state index contributed by atoms with van der Waals surface area (Å²) in [5.41, 5.74) is 6.95. The van der Waals surface area contributed by atoms with Crippen molar-refractivity contribution in [1.82, 2.24) is 14.9 Å². The first-order valence-corrected chi connectivity index (χ1v) is 8.74. The fourth-order valence-corrected chi connectivity index (χ4v) is 4.37. The minimum Gasteiger partial charge on any atom is -0.329 e. The molecule has 0 bridgehead atoms. The largest absolute Gasteiger partial charge is 0.329 e. The molecular formula is C16H24N4OS. The lowest BCUT2D eigenvalue weighted by Crippen LogP contribution is -2.46. The van der Waals surface area contributed by atoms with E-state index in [-0.39, 0.29) is 5.56 Å². The Kier molecular flexibility index (Phi) is 4.34. The van der Waals surface area contributed by atoms with E-state index in [9.17, 15) is 4.79 Å². The number of nitrogens with zero attached hydrogens (tertiary/aromatic N) is 2. The molecule has 1 aliphatic rings. The molecule has 2 aromatic heterocycles. The Hall–Kier alpha value is -1.24. The second-order valence-electron chi connectivity index (χ2n) is 6.47. The Balaban J connectivity index is 1.89. The van der Waals surface area contributed by atoms with Crippen LogP contribution in [-0.4, -0.2) is 34.0 Å². The third kappa shape index (κ3) is 2.83. The van der Waals surface area contributed by atoms with Crippen molar-refractivity contribution in [2.24, 2.45) is 11.7 Å². The molecule has 6 heteroatoms. The summed E-state index contributed by atoms with van der Waals surface area (Å²) in [5.74, 6) is 1.48. The van der Waals surface area contributed by atoms with Gasteiger partial charge in [-0.25, -0.2) is 4.98 Å². The maximum Gasteiger partial charge on any atom is 0.259 e. The predicted octanol–water partition coefficient (Wildman–Crippen LogP) is 2.16. The van der Waals surface area contributed by atoms with Crippen LogP contribution in [0.1, 0.15) is 36.0 Å². The molecule has 22 heavy (non-hydrogen) atoms. The van der Waals surface area contributed by atoms with Crippen molar-refractivity contribution >= 4 is 21.6 Å². The Labute approximate surface area is 134 Å². The van der Waals surface area contributed by atoms with Crippen LogP contribution in [0, 0.1) is 19.8 Å². The number of thiophene rings is 1. The average molecular weight is 320 g/mol. The first-order chi connectivity index (χ1) is 10.5. The van der Waals surface area contributed by atoms with Crippen molar-refractivity contribution < 1.29 is 0 Å². The minimum absolute atomic E-state index is 0.0171. The molecule has 120 valence electrons.